The van der Waals surface area contributed by atoms with Crippen molar-refractivity contribution in [2.24, 2.45) is 5.92 Å². The van der Waals surface area contributed by atoms with Gasteiger partial charge >= 0.3 is 12.1 Å². The second kappa shape index (κ2) is 8.71. The van der Waals surface area contributed by atoms with E-state index in [4.69, 9.17) is 4.74 Å². The van der Waals surface area contributed by atoms with Crippen molar-refractivity contribution < 1.29 is 19.4 Å². The predicted molar refractivity (Wildman–Crippen MR) is 94.2 cm³/mol. The smallest absolute Gasteiger partial charge is 0.407 e. The number of amides is 1. The molecule has 0 unspecified atom stereocenters. The number of aliphatic carboxylic acids is 1. The van der Waals surface area contributed by atoms with Gasteiger partial charge in [-0.3, -0.25) is 4.79 Å². The average molecular weight is 335 g/mol. The molecule has 0 fully saturated rings. The molecule has 1 rings (SSSR count). The number of alkyl carbamates (subject to hydrolysis) is 1. The van der Waals surface area contributed by atoms with Crippen LogP contribution in [0.15, 0.2) is 24.3 Å². The topological polar surface area (TPSA) is 75.6 Å². The van der Waals surface area contributed by atoms with Gasteiger partial charge in [-0.05, 0) is 50.7 Å². The number of nitrogens with one attached hydrogen (secondary N) is 1. The number of rotatable bonds is 7. The summed E-state index contributed by atoms with van der Waals surface area (Å²) in [6.07, 6.45) is 0.759. The van der Waals surface area contributed by atoms with Crippen molar-refractivity contribution in [3.05, 3.63) is 35.4 Å². The Morgan fingerprint density at radius 1 is 1.17 bits per heavy atom. The van der Waals surface area contributed by atoms with Crippen molar-refractivity contribution in [3.63, 3.8) is 0 Å². The third kappa shape index (κ3) is 7.49. The number of hydrogen-bond donors (Lipinski definition) is 2. The Bertz CT molecular complexity index is 543. The molecule has 24 heavy (non-hydrogen) atoms. The van der Waals surface area contributed by atoms with Gasteiger partial charge in [-0.2, -0.15) is 0 Å². The van der Waals surface area contributed by atoms with E-state index in [-0.39, 0.29) is 6.54 Å². The minimum Gasteiger partial charge on any atom is -0.481 e. The molecule has 2 N–H and O–H groups in total. The highest BCUT2D eigenvalue weighted by atomic mass is 16.6. The molecule has 1 amide bonds. The van der Waals surface area contributed by atoms with Crippen LogP contribution in [0.1, 0.15) is 58.1 Å². The Morgan fingerprint density at radius 3 is 2.21 bits per heavy atom. The fourth-order valence-corrected chi connectivity index (χ4v) is 2.42. The van der Waals surface area contributed by atoms with Crippen LogP contribution < -0.4 is 5.32 Å². The van der Waals surface area contributed by atoms with Crippen LogP contribution >= 0.6 is 0 Å². The molecule has 5 nitrogen and oxygen atoms in total. The van der Waals surface area contributed by atoms with Gasteiger partial charge in [-0.25, -0.2) is 4.79 Å². The fourth-order valence-electron chi connectivity index (χ4n) is 2.42. The molecule has 0 saturated carbocycles. The molecule has 0 aromatic heterocycles. The number of carboxylic acid groups (broad SMARTS) is 1. The third-order valence-electron chi connectivity index (χ3n) is 3.43. The second-order valence-electron chi connectivity index (χ2n) is 7.45. The Labute approximate surface area is 144 Å². The molecule has 0 aliphatic rings. The van der Waals surface area contributed by atoms with Crippen LogP contribution in [0.25, 0.3) is 0 Å². The van der Waals surface area contributed by atoms with Gasteiger partial charge in [0.1, 0.15) is 5.60 Å². The Hall–Kier alpha value is -2.04. The number of ether oxygens (including phenoxy) is 1. The summed E-state index contributed by atoms with van der Waals surface area (Å²) < 4.78 is 5.14. The summed E-state index contributed by atoms with van der Waals surface area (Å²) in [4.78, 5) is 23.1. The summed E-state index contributed by atoms with van der Waals surface area (Å²) in [7, 11) is 0. The maximum Gasteiger partial charge on any atom is 0.407 e. The van der Waals surface area contributed by atoms with Crippen molar-refractivity contribution in [1.82, 2.24) is 5.32 Å². The van der Waals surface area contributed by atoms with Crippen LogP contribution in [0.4, 0.5) is 4.79 Å². The Kier molecular flexibility index (Phi) is 7.26. The molecule has 0 radical (unpaired) electrons. The van der Waals surface area contributed by atoms with Gasteiger partial charge in [-0.1, -0.05) is 38.1 Å². The van der Waals surface area contributed by atoms with Crippen molar-refractivity contribution in [2.45, 2.75) is 59.0 Å². The summed E-state index contributed by atoms with van der Waals surface area (Å²) in [6.45, 7) is 9.90. The van der Waals surface area contributed by atoms with E-state index in [2.05, 4.69) is 19.2 Å². The van der Waals surface area contributed by atoms with E-state index in [1.807, 2.05) is 24.3 Å². The summed E-state index contributed by atoms with van der Waals surface area (Å²) in [6, 6.07) is 7.69. The monoisotopic (exact) mass is 335 g/mol. The van der Waals surface area contributed by atoms with Gasteiger partial charge in [0.15, 0.2) is 0 Å². The first-order valence-electron chi connectivity index (χ1n) is 8.37. The van der Waals surface area contributed by atoms with Crippen LogP contribution in [0, 0.1) is 5.92 Å². The zero-order valence-electron chi connectivity index (χ0n) is 15.3. The molecule has 5 heteroatoms. The zero-order chi connectivity index (χ0) is 18.3. The molecule has 1 atom stereocenters. The van der Waals surface area contributed by atoms with Gasteiger partial charge in [0.05, 0.1) is 5.92 Å². The molecule has 0 spiro atoms. The molecular weight excluding hydrogens is 306 g/mol. The van der Waals surface area contributed by atoms with Crippen molar-refractivity contribution in [1.29, 1.82) is 0 Å². The lowest BCUT2D eigenvalue weighted by molar-refractivity contribution is -0.139. The summed E-state index contributed by atoms with van der Waals surface area (Å²) >= 11 is 0. The average Bonchev–Trinajstić information content (AvgIpc) is 2.42. The minimum atomic E-state index is -0.891. The maximum atomic E-state index is 11.6. The molecule has 0 aliphatic carbocycles. The van der Waals surface area contributed by atoms with E-state index in [0.29, 0.717) is 12.3 Å². The van der Waals surface area contributed by atoms with Crippen LogP contribution in [0.2, 0.25) is 0 Å². The molecule has 0 aliphatic heterocycles. The molecule has 134 valence electrons. The number of hydrogen-bond acceptors (Lipinski definition) is 3. The van der Waals surface area contributed by atoms with E-state index in [0.717, 1.165) is 12.0 Å². The molecule has 1 aromatic rings. The van der Waals surface area contributed by atoms with Crippen molar-refractivity contribution in [3.8, 4) is 0 Å². The molecule has 0 bridgehead atoms. The van der Waals surface area contributed by atoms with E-state index in [9.17, 15) is 14.7 Å². The number of carbonyl (C=O) groups is 2. The highest BCUT2D eigenvalue weighted by Gasteiger charge is 2.21. The lowest BCUT2D eigenvalue weighted by Crippen LogP contribution is -2.33. The minimum absolute atomic E-state index is 0.250. The van der Waals surface area contributed by atoms with Gasteiger partial charge < -0.3 is 15.2 Å². The number of carboxylic acids is 1. The third-order valence-corrected chi connectivity index (χ3v) is 3.43. The predicted octanol–water partition coefficient (Wildman–Crippen LogP) is 3.97. The van der Waals surface area contributed by atoms with E-state index < -0.39 is 23.6 Å². The first-order chi connectivity index (χ1) is 11.1. The first-order valence-corrected chi connectivity index (χ1v) is 8.37. The standard InChI is InChI=1S/C19H29NO4/c1-13(2)12-14-6-8-15(9-7-14)16(17(21)22)10-11-20-18(23)24-19(3,4)5/h6-9,13,16H,10-12H2,1-5H3,(H,20,23)(H,21,22)/t16-/m0/s1. The lowest BCUT2D eigenvalue weighted by Gasteiger charge is -2.20. The van der Waals surface area contributed by atoms with E-state index >= 15 is 0 Å². The van der Waals surface area contributed by atoms with E-state index in [1.165, 1.54) is 5.56 Å². The highest BCUT2D eigenvalue weighted by Crippen LogP contribution is 2.21. The zero-order valence-corrected chi connectivity index (χ0v) is 15.3. The fraction of sp³-hybridized carbons (Fsp3) is 0.579. The van der Waals surface area contributed by atoms with Gasteiger partial charge in [0.25, 0.3) is 0 Å². The quantitative estimate of drug-likeness (QED) is 0.790. The van der Waals surface area contributed by atoms with Crippen molar-refractivity contribution in [2.75, 3.05) is 6.54 Å². The molecule has 1 aromatic carbocycles. The SMILES string of the molecule is CC(C)Cc1ccc([C@H](CCNC(=O)OC(C)(C)C)C(=O)O)cc1. The molecule has 0 saturated heterocycles. The normalized spacial score (nSPS) is 12.8. The van der Waals surface area contributed by atoms with Crippen LogP contribution in [-0.4, -0.2) is 29.3 Å². The van der Waals surface area contributed by atoms with Gasteiger partial charge in [0.2, 0.25) is 0 Å². The van der Waals surface area contributed by atoms with Gasteiger partial charge in [0, 0.05) is 6.54 Å². The van der Waals surface area contributed by atoms with Crippen LogP contribution in [0.3, 0.4) is 0 Å². The van der Waals surface area contributed by atoms with E-state index in [1.54, 1.807) is 20.8 Å². The summed E-state index contributed by atoms with van der Waals surface area (Å²) in [5, 5.41) is 12.1. The second-order valence-corrected chi connectivity index (χ2v) is 7.45. The van der Waals surface area contributed by atoms with Crippen LogP contribution in [0.5, 0.6) is 0 Å². The highest BCUT2D eigenvalue weighted by molar-refractivity contribution is 5.76. The summed E-state index contributed by atoms with van der Waals surface area (Å²) in [5.74, 6) is -0.977. The first kappa shape index (κ1) is 20.0. The maximum absolute atomic E-state index is 11.6. The largest absolute Gasteiger partial charge is 0.481 e. The Morgan fingerprint density at radius 2 is 1.75 bits per heavy atom. The molecule has 0 heterocycles. The number of carbonyl (C=O) groups excluding carboxylic acids is 1. The van der Waals surface area contributed by atoms with Crippen LogP contribution in [-0.2, 0) is 16.0 Å². The molecular formula is C19H29NO4. The van der Waals surface area contributed by atoms with Crippen molar-refractivity contribution >= 4 is 12.1 Å². The Balaban J connectivity index is 2.61. The summed E-state index contributed by atoms with van der Waals surface area (Å²) in [5.41, 5.74) is 1.38. The van der Waals surface area contributed by atoms with Gasteiger partial charge in [-0.15, -0.1) is 0 Å². The lowest BCUT2D eigenvalue weighted by atomic mass is 9.93. The number of benzene rings is 1.